The fourth-order valence-electron chi connectivity index (χ4n) is 4.94. The van der Waals surface area contributed by atoms with Gasteiger partial charge in [-0.2, -0.15) is 0 Å². The average molecular weight is 598 g/mol. The fourth-order valence-corrected chi connectivity index (χ4v) is 4.94. The molecule has 8 heteroatoms. The number of hydrogen-bond acceptors (Lipinski definition) is 7. The summed E-state index contributed by atoms with van der Waals surface area (Å²) in [5.74, 6) is -2.24. The van der Waals surface area contributed by atoms with Crippen molar-refractivity contribution in [2.75, 3.05) is 7.11 Å². The molecule has 2 atom stereocenters. The molecule has 3 aromatic carbocycles. The Hall–Kier alpha value is -4.72. The maximum Gasteiger partial charge on any atom is 0.338 e. The zero-order valence-corrected chi connectivity index (χ0v) is 25.5. The number of H-pyrrole nitrogens is 1. The summed E-state index contributed by atoms with van der Waals surface area (Å²) in [7, 11) is 1.27. The summed E-state index contributed by atoms with van der Waals surface area (Å²) in [5, 5.41) is 0.824. The third kappa shape index (κ3) is 8.43. The van der Waals surface area contributed by atoms with Crippen LogP contribution in [-0.2, 0) is 20.7 Å². The SMILES string of the molecule is CCCCCCCCc1ccc(OC(C(=O)c2ccc(C(=O)OC)cc2)C(=O)C(C)OC(=O)c2ccc3[nH]ccc3c2)cc1. The topological polar surface area (TPSA) is 112 Å². The van der Waals surface area contributed by atoms with Crippen LogP contribution in [0.4, 0.5) is 0 Å². The third-order valence-corrected chi connectivity index (χ3v) is 7.56. The van der Waals surface area contributed by atoms with E-state index in [9.17, 15) is 19.2 Å². The molecule has 0 amide bonds. The van der Waals surface area contributed by atoms with Crippen molar-refractivity contribution in [2.24, 2.45) is 0 Å². The second kappa shape index (κ2) is 15.7. The van der Waals surface area contributed by atoms with Crippen molar-refractivity contribution in [1.82, 2.24) is 4.98 Å². The summed E-state index contributed by atoms with van der Waals surface area (Å²) in [5.41, 5.74) is 2.70. The molecular formula is C36H39NO7. The largest absolute Gasteiger partial charge is 0.474 e. The van der Waals surface area contributed by atoms with Gasteiger partial charge in [0.15, 0.2) is 6.10 Å². The quantitative estimate of drug-likeness (QED) is 0.0624. The number of ether oxygens (including phenoxy) is 3. The van der Waals surface area contributed by atoms with Crippen molar-refractivity contribution in [3.8, 4) is 5.75 Å². The number of hydrogen-bond donors (Lipinski definition) is 1. The second-order valence-electron chi connectivity index (χ2n) is 10.8. The van der Waals surface area contributed by atoms with Crippen LogP contribution in [0.2, 0.25) is 0 Å². The van der Waals surface area contributed by atoms with Crippen LogP contribution in [0.3, 0.4) is 0 Å². The number of esters is 2. The highest BCUT2D eigenvalue weighted by atomic mass is 16.6. The van der Waals surface area contributed by atoms with Crippen LogP contribution in [0.1, 0.15) is 89.0 Å². The average Bonchev–Trinajstić information content (AvgIpc) is 3.53. The summed E-state index contributed by atoms with van der Waals surface area (Å²) >= 11 is 0. The van der Waals surface area contributed by atoms with Crippen molar-refractivity contribution in [3.63, 3.8) is 0 Å². The first kappa shape index (κ1) is 32.2. The van der Waals surface area contributed by atoms with E-state index in [0.717, 1.165) is 29.3 Å². The highest BCUT2D eigenvalue weighted by Crippen LogP contribution is 2.21. The van der Waals surface area contributed by atoms with E-state index >= 15 is 0 Å². The smallest absolute Gasteiger partial charge is 0.338 e. The number of ketones is 2. The number of unbranched alkanes of at least 4 members (excludes halogenated alkanes) is 5. The molecule has 0 aliphatic carbocycles. The Morgan fingerprint density at radius 2 is 1.41 bits per heavy atom. The fraction of sp³-hybridized carbons (Fsp3) is 0.333. The second-order valence-corrected chi connectivity index (χ2v) is 10.8. The maximum atomic E-state index is 13.6. The molecular weight excluding hydrogens is 558 g/mol. The molecule has 1 N–H and O–H groups in total. The Morgan fingerprint density at radius 1 is 0.750 bits per heavy atom. The van der Waals surface area contributed by atoms with E-state index in [0.29, 0.717) is 5.75 Å². The molecule has 4 aromatic rings. The van der Waals surface area contributed by atoms with Gasteiger partial charge in [0.25, 0.3) is 0 Å². The van der Waals surface area contributed by atoms with Crippen molar-refractivity contribution in [2.45, 2.75) is 71.0 Å². The van der Waals surface area contributed by atoms with Crippen molar-refractivity contribution in [1.29, 1.82) is 0 Å². The standard InChI is InChI=1S/C36H39NO7/c1-4-5-6-7-8-9-10-25-11-18-30(19-12-25)44-34(33(39)26-13-15-27(16-14-26)35(40)42-3)32(38)24(2)43-36(41)29-17-20-31-28(23-29)21-22-37-31/h11-24,34,37H,4-10H2,1-3H3. The number of carbonyl (C=O) groups is 4. The minimum absolute atomic E-state index is 0.159. The minimum atomic E-state index is -1.58. The summed E-state index contributed by atoms with van der Waals surface area (Å²) in [4.78, 5) is 55.1. The third-order valence-electron chi connectivity index (χ3n) is 7.56. The molecule has 0 radical (unpaired) electrons. The van der Waals surface area contributed by atoms with Gasteiger partial charge in [-0.3, -0.25) is 9.59 Å². The van der Waals surface area contributed by atoms with Gasteiger partial charge in [0.1, 0.15) is 5.75 Å². The zero-order valence-electron chi connectivity index (χ0n) is 25.5. The van der Waals surface area contributed by atoms with E-state index in [1.54, 1.807) is 36.5 Å². The van der Waals surface area contributed by atoms with Gasteiger partial charge in [-0.25, -0.2) is 9.59 Å². The number of nitrogens with one attached hydrogen (secondary N) is 1. The van der Waals surface area contributed by atoms with E-state index in [1.807, 2.05) is 18.2 Å². The Bertz CT molecular complexity index is 1570. The summed E-state index contributed by atoms with van der Waals surface area (Å²) in [6, 6.07) is 19.9. The van der Waals surface area contributed by atoms with Gasteiger partial charge >= 0.3 is 11.9 Å². The van der Waals surface area contributed by atoms with Crippen LogP contribution in [0, 0.1) is 0 Å². The van der Waals surface area contributed by atoms with Crippen LogP contribution in [0.25, 0.3) is 10.9 Å². The number of Topliss-reactive ketones (excluding diaryl/α,β-unsaturated/α-hetero) is 2. The number of methoxy groups -OCH3 is 1. The lowest BCUT2D eigenvalue weighted by Gasteiger charge is -2.21. The highest BCUT2D eigenvalue weighted by Gasteiger charge is 2.35. The van der Waals surface area contributed by atoms with Crippen LogP contribution in [0.15, 0.2) is 79.0 Å². The molecule has 0 aliphatic rings. The molecule has 44 heavy (non-hydrogen) atoms. The first-order chi connectivity index (χ1) is 21.3. The van der Waals surface area contributed by atoms with Gasteiger partial charge in [0, 0.05) is 22.7 Å². The van der Waals surface area contributed by atoms with Crippen LogP contribution in [0.5, 0.6) is 5.75 Å². The lowest BCUT2D eigenvalue weighted by molar-refractivity contribution is -0.132. The number of benzene rings is 3. The van der Waals surface area contributed by atoms with Gasteiger partial charge in [-0.1, -0.05) is 63.3 Å². The van der Waals surface area contributed by atoms with Crippen molar-refractivity contribution in [3.05, 3.63) is 101 Å². The molecule has 0 saturated heterocycles. The molecule has 2 unspecified atom stereocenters. The van der Waals surface area contributed by atoms with E-state index in [-0.39, 0.29) is 16.7 Å². The molecule has 0 fully saturated rings. The summed E-state index contributed by atoms with van der Waals surface area (Å²) < 4.78 is 16.2. The van der Waals surface area contributed by atoms with Gasteiger partial charge in [-0.05, 0) is 73.9 Å². The molecule has 1 aromatic heterocycles. The van der Waals surface area contributed by atoms with Crippen molar-refractivity contribution >= 4 is 34.4 Å². The lowest BCUT2D eigenvalue weighted by Crippen LogP contribution is -2.42. The van der Waals surface area contributed by atoms with E-state index < -0.39 is 35.7 Å². The minimum Gasteiger partial charge on any atom is -0.474 e. The van der Waals surface area contributed by atoms with E-state index in [4.69, 9.17) is 14.2 Å². The molecule has 4 rings (SSSR count). The molecule has 230 valence electrons. The molecule has 0 aliphatic heterocycles. The highest BCUT2D eigenvalue weighted by molar-refractivity contribution is 6.15. The molecule has 0 saturated carbocycles. The van der Waals surface area contributed by atoms with Crippen molar-refractivity contribution < 1.29 is 33.4 Å². The predicted molar refractivity (Wildman–Crippen MR) is 168 cm³/mol. The van der Waals surface area contributed by atoms with Gasteiger partial charge in [0.2, 0.25) is 17.7 Å². The van der Waals surface area contributed by atoms with Gasteiger partial charge in [-0.15, -0.1) is 0 Å². The van der Waals surface area contributed by atoms with E-state index in [1.165, 1.54) is 70.4 Å². The first-order valence-electron chi connectivity index (χ1n) is 15.1. The predicted octanol–water partition coefficient (Wildman–Crippen LogP) is 7.30. The van der Waals surface area contributed by atoms with Crippen LogP contribution in [-0.4, -0.2) is 47.8 Å². The monoisotopic (exact) mass is 597 g/mol. The Balaban J connectivity index is 1.48. The summed E-state index contributed by atoms with van der Waals surface area (Å²) in [6.07, 6.45) is 7.06. The lowest BCUT2D eigenvalue weighted by atomic mass is 9.99. The maximum absolute atomic E-state index is 13.6. The number of aromatic nitrogens is 1. The number of rotatable bonds is 16. The van der Waals surface area contributed by atoms with Gasteiger partial charge in [0.05, 0.1) is 18.2 Å². The molecule has 8 nitrogen and oxygen atoms in total. The van der Waals surface area contributed by atoms with Crippen LogP contribution >= 0.6 is 0 Å². The normalized spacial score (nSPS) is 12.3. The number of carbonyl (C=O) groups excluding carboxylic acids is 4. The Kier molecular flexibility index (Phi) is 11.5. The summed E-state index contributed by atoms with van der Waals surface area (Å²) in [6.45, 7) is 3.62. The Labute approximate surface area is 257 Å². The van der Waals surface area contributed by atoms with Gasteiger partial charge < -0.3 is 19.2 Å². The number of aromatic amines is 1. The van der Waals surface area contributed by atoms with Crippen LogP contribution < -0.4 is 4.74 Å². The number of fused-ring (bicyclic) bond motifs is 1. The molecule has 1 heterocycles. The number of aryl methyl sites for hydroxylation is 1. The molecule has 0 bridgehead atoms. The van der Waals surface area contributed by atoms with E-state index in [2.05, 4.69) is 11.9 Å². The first-order valence-corrected chi connectivity index (χ1v) is 15.1. The Morgan fingerprint density at radius 3 is 2.11 bits per heavy atom. The molecule has 0 spiro atoms. The zero-order chi connectivity index (χ0) is 31.5.